The maximum Gasteiger partial charge on any atom is 0.0937 e. The molecule has 0 aromatic heterocycles. The standard InChI is InChI=1S/C15H30O2/c1-5-15(6-2,17-7-3)14(16)13-10-8-9-12(4)11-13/h12-14,16H,5-11H2,1-4H3. The van der Waals surface area contributed by atoms with E-state index in [9.17, 15) is 5.11 Å². The summed E-state index contributed by atoms with van der Waals surface area (Å²) in [6, 6.07) is 0. The summed E-state index contributed by atoms with van der Waals surface area (Å²) < 4.78 is 5.93. The first-order valence-electron chi connectivity index (χ1n) is 7.41. The first-order valence-corrected chi connectivity index (χ1v) is 7.41. The van der Waals surface area contributed by atoms with Crippen molar-refractivity contribution in [1.29, 1.82) is 0 Å². The summed E-state index contributed by atoms with van der Waals surface area (Å²) in [4.78, 5) is 0. The minimum Gasteiger partial charge on any atom is -0.390 e. The first-order chi connectivity index (χ1) is 8.09. The molecular formula is C15H30O2. The van der Waals surface area contributed by atoms with Gasteiger partial charge in [-0.15, -0.1) is 0 Å². The lowest BCUT2D eigenvalue weighted by Gasteiger charge is -2.42. The van der Waals surface area contributed by atoms with Crippen molar-refractivity contribution in [3.63, 3.8) is 0 Å². The van der Waals surface area contributed by atoms with Crippen molar-refractivity contribution in [1.82, 2.24) is 0 Å². The van der Waals surface area contributed by atoms with Crippen LogP contribution in [0.1, 0.15) is 66.2 Å². The Morgan fingerprint density at radius 1 is 1.24 bits per heavy atom. The highest BCUT2D eigenvalue weighted by molar-refractivity contribution is 4.92. The summed E-state index contributed by atoms with van der Waals surface area (Å²) in [5, 5.41) is 10.7. The van der Waals surface area contributed by atoms with Gasteiger partial charge in [-0.05, 0) is 44.4 Å². The van der Waals surface area contributed by atoms with Crippen LogP contribution in [-0.2, 0) is 4.74 Å². The van der Waals surface area contributed by atoms with E-state index in [1.54, 1.807) is 0 Å². The molecule has 0 heterocycles. The van der Waals surface area contributed by atoms with Crippen LogP contribution in [-0.4, -0.2) is 23.4 Å². The summed E-state index contributed by atoms with van der Waals surface area (Å²) in [6.07, 6.45) is 6.44. The zero-order valence-electron chi connectivity index (χ0n) is 12.0. The number of rotatable bonds is 6. The first kappa shape index (κ1) is 15.0. The van der Waals surface area contributed by atoms with Gasteiger partial charge in [0.1, 0.15) is 0 Å². The second-order valence-electron chi connectivity index (χ2n) is 5.68. The van der Waals surface area contributed by atoms with E-state index in [4.69, 9.17) is 4.74 Å². The van der Waals surface area contributed by atoms with Gasteiger partial charge in [0.15, 0.2) is 0 Å². The molecular weight excluding hydrogens is 212 g/mol. The molecule has 17 heavy (non-hydrogen) atoms. The van der Waals surface area contributed by atoms with Crippen LogP contribution in [0.5, 0.6) is 0 Å². The van der Waals surface area contributed by atoms with Gasteiger partial charge in [0.25, 0.3) is 0 Å². The molecule has 1 fully saturated rings. The Bertz CT molecular complexity index is 211. The molecule has 3 unspecified atom stereocenters. The molecule has 1 rings (SSSR count). The minimum atomic E-state index is -0.309. The largest absolute Gasteiger partial charge is 0.390 e. The van der Waals surface area contributed by atoms with E-state index in [2.05, 4.69) is 20.8 Å². The molecule has 1 aliphatic carbocycles. The Hall–Kier alpha value is -0.0800. The predicted octanol–water partition coefficient (Wildman–Crippen LogP) is 3.77. The van der Waals surface area contributed by atoms with Gasteiger partial charge in [-0.25, -0.2) is 0 Å². The Labute approximate surface area is 107 Å². The molecule has 0 saturated heterocycles. The molecule has 1 aliphatic rings. The zero-order chi connectivity index (χ0) is 12.9. The molecule has 0 bridgehead atoms. The average molecular weight is 242 g/mol. The molecule has 0 radical (unpaired) electrons. The fourth-order valence-corrected chi connectivity index (χ4v) is 3.44. The van der Waals surface area contributed by atoms with Crippen LogP contribution in [0.4, 0.5) is 0 Å². The fraction of sp³-hybridized carbons (Fsp3) is 1.00. The van der Waals surface area contributed by atoms with Crippen molar-refractivity contribution < 1.29 is 9.84 Å². The molecule has 0 spiro atoms. The Morgan fingerprint density at radius 2 is 1.88 bits per heavy atom. The third-order valence-corrected chi connectivity index (χ3v) is 4.59. The van der Waals surface area contributed by atoms with Gasteiger partial charge in [-0.3, -0.25) is 0 Å². The third-order valence-electron chi connectivity index (χ3n) is 4.59. The lowest BCUT2D eigenvalue weighted by molar-refractivity contribution is -0.149. The SMILES string of the molecule is CCOC(CC)(CC)C(O)C1CCCC(C)C1. The van der Waals surface area contributed by atoms with Crippen LogP contribution in [0.2, 0.25) is 0 Å². The Balaban J connectivity index is 2.72. The van der Waals surface area contributed by atoms with Gasteiger partial charge < -0.3 is 9.84 Å². The fourth-order valence-electron chi connectivity index (χ4n) is 3.44. The van der Waals surface area contributed by atoms with Crippen molar-refractivity contribution >= 4 is 0 Å². The monoisotopic (exact) mass is 242 g/mol. The molecule has 102 valence electrons. The number of hydrogen-bond acceptors (Lipinski definition) is 2. The van der Waals surface area contributed by atoms with Crippen molar-refractivity contribution in [2.45, 2.75) is 77.9 Å². The lowest BCUT2D eigenvalue weighted by Crippen LogP contribution is -2.49. The van der Waals surface area contributed by atoms with Crippen LogP contribution < -0.4 is 0 Å². The number of ether oxygens (including phenoxy) is 1. The maximum absolute atomic E-state index is 10.7. The lowest BCUT2D eigenvalue weighted by atomic mass is 9.73. The van der Waals surface area contributed by atoms with Crippen molar-refractivity contribution in [3.05, 3.63) is 0 Å². The van der Waals surface area contributed by atoms with Gasteiger partial charge in [-0.1, -0.05) is 33.6 Å². The minimum absolute atomic E-state index is 0.291. The molecule has 2 nitrogen and oxygen atoms in total. The van der Waals surface area contributed by atoms with Gasteiger partial charge in [0.2, 0.25) is 0 Å². The highest BCUT2D eigenvalue weighted by Gasteiger charge is 2.41. The molecule has 1 N–H and O–H groups in total. The summed E-state index contributed by atoms with van der Waals surface area (Å²) in [5.74, 6) is 1.20. The molecule has 0 aliphatic heterocycles. The summed E-state index contributed by atoms with van der Waals surface area (Å²) in [6.45, 7) is 9.29. The van der Waals surface area contributed by atoms with E-state index in [-0.39, 0.29) is 11.7 Å². The van der Waals surface area contributed by atoms with Gasteiger partial charge in [0.05, 0.1) is 11.7 Å². The molecule has 3 atom stereocenters. The average Bonchev–Trinajstić information content (AvgIpc) is 2.35. The number of hydrogen-bond donors (Lipinski definition) is 1. The molecule has 1 saturated carbocycles. The van der Waals surface area contributed by atoms with Crippen LogP contribution >= 0.6 is 0 Å². The van der Waals surface area contributed by atoms with Crippen LogP contribution in [0.3, 0.4) is 0 Å². The predicted molar refractivity (Wildman–Crippen MR) is 72.1 cm³/mol. The highest BCUT2D eigenvalue weighted by atomic mass is 16.5. The van der Waals surface area contributed by atoms with Gasteiger partial charge in [-0.2, -0.15) is 0 Å². The van der Waals surface area contributed by atoms with Crippen LogP contribution in [0, 0.1) is 11.8 Å². The van der Waals surface area contributed by atoms with E-state index < -0.39 is 0 Å². The van der Waals surface area contributed by atoms with E-state index in [0.717, 1.165) is 25.2 Å². The highest BCUT2D eigenvalue weighted by Crippen LogP contribution is 2.38. The molecule has 0 aromatic rings. The molecule has 0 amide bonds. The van der Waals surface area contributed by atoms with Gasteiger partial charge >= 0.3 is 0 Å². The number of aliphatic hydroxyl groups is 1. The second kappa shape index (κ2) is 6.75. The smallest absolute Gasteiger partial charge is 0.0937 e. The van der Waals surface area contributed by atoms with Crippen LogP contribution in [0.15, 0.2) is 0 Å². The van der Waals surface area contributed by atoms with Crippen LogP contribution in [0.25, 0.3) is 0 Å². The second-order valence-corrected chi connectivity index (χ2v) is 5.68. The van der Waals surface area contributed by atoms with Gasteiger partial charge in [0, 0.05) is 6.61 Å². The maximum atomic E-state index is 10.7. The summed E-state index contributed by atoms with van der Waals surface area (Å²) in [7, 11) is 0. The third kappa shape index (κ3) is 3.45. The van der Waals surface area contributed by atoms with Crippen molar-refractivity contribution in [3.8, 4) is 0 Å². The van der Waals surface area contributed by atoms with E-state index >= 15 is 0 Å². The topological polar surface area (TPSA) is 29.5 Å². The zero-order valence-corrected chi connectivity index (χ0v) is 12.0. The van der Waals surface area contributed by atoms with Crippen molar-refractivity contribution in [2.75, 3.05) is 6.61 Å². The quantitative estimate of drug-likeness (QED) is 0.768. The van der Waals surface area contributed by atoms with Crippen molar-refractivity contribution in [2.24, 2.45) is 11.8 Å². The van der Waals surface area contributed by atoms with E-state index in [0.29, 0.717) is 12.5 Å². The van der Waals surface area contributed by atoms with E-state index in [1.807, 2.05) is 6.92 Å². The molecule has 0 aromatic carbocycles. The molecule has 2 heteroatoms. The summed E-state index contributed by atoms with van der Waals surface area (Å²) >= 11 is 0. The normalized spacial score (nSPS) is 28.1. The number of aliphatic hydroxyl groups excluding tert-OH is 1. The Morgan fingerprint density at radius 3 is 2.35 bits per heavy atom. The summed E-state index contributed by atoms with van der Waals surface area (Å²) in [5.41, 5.74) is -0.309. The Kier molecular flexibility index (Phi) is 5.94. The van der Waals surface area contributed by atoms with E-state index in [1.165, 1.54) is 19.3 Å².